The van der Waals surface area contributed by atoms with Crippen LogP contribution < -0.4 is 5.73 Å². The minimum atomic E-state index is 0.347. The zero-order valence-corrected chi connectivity index (χ0v) is 9.74. The van der Waals surface area contributed by atoms with Gasteiger partial charge < -0.3 is 5.73 Å². The number of para-hydroxylation sites is 1. The predicted molar refractivity (Wildman–Crippen MR) is 65.1 cm³/mol. The largest absolute Gasteiger partial charge is 0.398 e. The highest BCUT2D eigenvalue weighted by Crippen LogP contribution is 2.40. The summed E-state index contributed by atoms with van der Waals surface area (Å²) in [4.78, 5) is 0. The molecule has 5 nitrogen and oxygen atoms in total. The summed E-state index contributed by atoms with van der Waals surface area (Å²) in [5.74, 6) is 1.48. The maximum Gasteiger partial charge on any atom is 0.184 e. The molecule has 1 atom stereocenters. The molecule has 0 saturated heterocycles. The van der Waals surface area contributed by atoms with Crippen molar-refractivity contribution in [3.05, 3.63) is 24.3 Å². The van der Waals surface area contributed by atoms with Gasteiger partial charge in [-0.2, -0.15) is 0 Å². The maximum absolute atomic E-state index is 5.96. The summed E-state index contributed by atoms with van der Waals surface area (Å²) in [6, 6.07) is 8.04. The molecule has 3 rings (SSSR count). The second-order valence-electron chi connectivity index (χ2n) is 4.61. The van der Waals surface area contributed by atoms with Gasteiger partial charge in [-0.3, -0.25) is 0 Å². The van der Waals surface area contributed by atoms with E-state index in [4.69, 9.17) is 5.73 Å². The lowest BCUT2D eigenvalue weighted by molar-refractivity contribution is 0.433. The summed E-state index contributed by atoms with van der Waals surface area (Å²) in [5, 5.41) is 12.0. The fourth-order valence-electron chi connectivity index (χ4n) is 2.12. The molecule has 17 heavy (non-hydrogen) atoms. The predicted octanol–water partition coefficient (Wildman–Crippen LogP) is 1.89. The van der Waals surface area contributed by atoms with Gasteiger partial charge in [0.25, 0.3) is 0 Å². The highest BCUT2D eigenvalue weighted by Gasteiger charge is 2.31. The summed E-state index contributed by atoms with van der Waals surface area (Å²) in [7, 11) is 0. The smallest absolute Gasteiger partial charge is 0.184 e. The van der Waals surface area contributed by atoms with Crippen molar-refractivity contribution in [2.24, 2.45) is 5.92 Å². The van der Waals surface area contributed by atoms with Gasteiger partial charge in [0, 0.05) is 11.3 Å². The number of rotatable bonds is 3. The summed E-state index contributed by atoms with van der Waals surface area (Å²) < 4.78 is 1.89. The summed E-state index contributed by atoms with van der Waals surface area (Å²) >= 11 is 0. The van der Waals surface area contributed by atoms with E-state index in [-0.39, 0.29) is 0 Å². The standard InChI is InChI=1S/C12H15N5/c1-8(9-6-7-9)17-12(14-15-16-17)10-4-2-3-5-11(10)13/h2-5,8-9H,6-7,13H2,1H3. The molecule has 0 spiro atoms. The fraction of sp³-hybridized carbons (Fsp3) is 0.417. The zero-order chi connectivity index (χ0) is 11.8. The monoisotopic (exact) mass is 229 g/mol. The first-order chi connectivity index (χ1) is 8.27. The number of nitrogen functional groups attached to an aromatic ring is 1. The molecule has 0 bridgehead atoms. The highest BCUT2D eigenvalue weighted by molar-refractivity contribution is 5.71. The minimum Gasteiger partial charge on any atom is -0.398 e. The van der Waals surface area contributed by atoms with Gasteiger partial charge in [-0.15, -0.1) is 5.10 Å². The molecule has 1 aliphatic carbocycles. The Balaban J connectivity index is 2.03. The fourth-order valence-corrected chi connectivity index (χ4v) is 2.12. The zero-order valence-electron chi connectivity index (χ0n) is 9.74. The Bertz CT molecular complexity index is 529. The van der Waals surface area contributed by atoms with Crippen LogP contribution in [0.2, 0.25) is 0 Å². The van der Waals surface area contributed by atoms with Gasteiger partial charge >= 0.3 is 0 Å². The third-order valence-electron chi connectivity index (χ3n) is 3.38. The molecule has 88 valence electrons. The van der Waals surface area contributed by atoms with Crippen molar-refractivity contribution < 1.29 is 0 Å². The Kier molecular flexibility index (Phi) is 2.31. The first-order valence-electron chi connectivity index (χ1n) is 5.90. The van der Waals surface area contributed by atoms with Crippen LogP contribution >= 0.6 is 0 Å². The lowest BCUT2D eigenvalue weighted by Crippen LogP contribution is -2.11. The molecule has 1 aromatic heterocycles. The molecule has 0 aliphatic heterocycles. The average Bonchev–Trinajstić information content (AvgIpc) is 3.07. The van der Waals surface area contributed by atoms with Gasteiger partial charge in [-0.1, -0.05) is 12.1 Å². The van der Waals surface area contributed by atoms with Gasteiger partial charge in [0.2, 0.25) is 0 Å². The lowest BCUT2D eigenvalue weighted by atomic mass is 10.1. The molecule has 0 radical (unpaired) electrons. The Labute approximate surface area is 99.6 Å². The number of tetrazole rings is 1. The minimum absolute atomic E-state index is 0.347. The van der Waals surface area contributed by atoms with Crippen molar-refractivity contribution in [1.29, 1.82) is 0 Å². The van der Waals surface area contributed by atoms with E-state index < -0.39 is 0 Å². The quantitative estimate of drug-likeness (QED) is 0.816. The Hall–Kier alpha value is -1.91. The number of aromatic nitrogens is 4. The first kappa shape index (κ1) is 10.3. The van der Waals surface area contributed by atoms with E-state index in [1.165, 1.54) is 12.8 Å². The van der Waals surface area contributed by atoms with E-state index in [0.717, 1.165) is 11.4 Å². The Morgan fingerprint density at radius 1 is 1.35 bits per heavy atom. The molecule has 2 aromatic rings. The first-order valence-corrected chi connectivity index (χ1v) is 5.90. The van der Waals surface area contributed by atoms with Crippen molar-refractivity contribution in [2.45, 2.75) is 25.8 Å². The third kappa shape index (κ3) is 1.77. The van der Waals surface area contributed by atoms with Gasteiger partial charge in [-0.05, 0) is 48.2 Å². The molecule has 1 unspecified atom stereocenters. The lowest BCUT2D eigenvalue weighted by Gasteiger charge is -2.12. The van der Waals surface area contributed by atoms with Crippen LogP contribution in [0.25, 0.3) is 11.4 Å². The molecule has 5 heteroatoms. The average molecular weight is 229 g/mol. The van der Waals surface area contributed by atoms with Crippen LogP contribution in [0.4, 0.5) is 5.69 Å². The van der Waals surface area contributed by atoms with Crippen LogP contribution in [0.1, 0.15) is 25.8 Å². The number of hydrogen-bond acceptors (Lipinski definition) is 4. The van der Waals surface area contributed by atoms with Gasteiger partial charge in [-0.25, -0.2) is 4.68 Å². The van der Waals surface area contributed by atoms with Crippen LogP contribution in [-0.4, -0.2) is 20.2 Å². The van der Waals surface area contributed by atoms with Crippen molar-refractivity contribution in [2.75, 3.05) is 5.73 Å². The Morgan fingerprint density at radius 3 is 2.82 bits per heavy atom. The van der Waals surface area contributed by atoms with Crippen molar-refractivity contribution in [1.82, 2.24) is 20.2 Å². The maximum atomic E-state index is 5.96. The second kappa shape index (κ2) is 3.84. The second-order valence-corrected chi connectivity index (χ2v) is 4.61. The van der Waals surface area contributed by atoms with Crippen LogP contribution in [0.5, 0.6) is 0 Å². The van der Waals surface area contributed by atoms with E-state index >= 15 is 0 Å². The van der Waals surface area contributed by atoms with Gasteiger partial charge in [0.1, 0.15) is 0 Å². The number of nitrogens with two attached hydrogens (primary N) is 1. The van der Waals surface area contributed by atoms with E-state index in [0.29, 0.717) is 17.6 Å². The molecule has 1 heterocycles. The molecule has 2 N–H and O–H groups in total. The van der Waals surface area contributed by atoms with Crippen LogP contribution in [0.3, 0.4) is 0 Å². The van der Waals surface area contributed by atoms with Crippen molar-refractivity contribution in [3.8, 4) is 11.4 Å². The van der Waals surface area contributed by atoms with Crippen LogP contribution in [-0.2, 0) is 0 Å². The van der Waals surface area contributed by atoms with Crippen molar-refractivity contribution >= 4 is 5.69 Å². The third-order valence-corrected chi connectivity index (χ3v) is 3.38. The summed E-state index contributed by atoms with van der Waals surface area (Å²) in [5.41, 5.74) is 7.59. The van der Waals surface area contributed by atoms with E-state index in [1.807, 2.05) is 28.9 Å². The highest BCUT2D eigenvalue weighted by atomic mass is 15.5. The van der Waals surface area contributed by atoms with E-state index in [9.17, 15) is 0 Å². The molecular formula is C12H15N5. The molecule has 1 fully saturated rings. The molecule has 0 amide bonds. The van der Waals surface area contributed by atoms with E-state index in [2.05, 4.69) is 22.4 Å². The SMILES string of the molecule is CC(C1CC1)n1nnnc1-c1ccccc1N. The molecule has 1 aromatic carbocycles. The molecule has 1 saturated carbocycles. The van der Waals surface area contributed by atoms with Crippen LogP contribution in [0, 0.1) is 5.92 Å². The number of anilines is 1. The Morgan fingerprint density at radius 2 is 2.12 bits per heavy atom. The molecule has 1 aliphatic rings. The number of hydrogen-bond donors (Lipinski definition) is 1. The van der Waals surface area contributed by atoms with Gasteiger partial charge in [0.05, 0.1) is 6.04 Å². The van der Waals surface area contributed by atoms with E-state index in [1.54, 1.807) is 0 Å². The van der Waals surface area contributed by atoms with Crippen molar-refractivity contribution in [3.63, 3.8) is 0 Å². The summed E-state index contributed by atoms with van der Waals surface area (Å²) in [6.45, 7) is 2.16. The number of nitrogens with zero attached hydrogens (tertiary/aromatic N) is 4. The summed E-state index contributed by atoms with van der Waals surface area (Å²) in [6.07, 6.45) is 2.54. The van der Waals surface area contributed by atoms with Gasteiger partial charge in [0.15, 0.2) is 5.82 Å². The molecular weight excluding hydrogens is 214 g/mol. The van der Waals surface area contributed by atoms with Crippen LogP contribution in [0.15, 0.2) is 24.3 Å². The topological polar surface area (TPSA) is 69.6 Å². The normalized spacial score (nSPS) is 17.0. The number of benzene rings is 1.